The van der Waals surface area contributed by atoms with E-state index < -0.39 is 47.3 Å². The average Bonchev–Trinajstić information content (AvgIpc) is 3.85. The third-order valence-electron chi connectivity index (χ3n) is 12.8. The van der Waals surface area contributed by atoms with E-state index >= 15 is 0 Å². The molecule has 4 N–H and O–H groups in total. The Balaban J connectivity index is 1.15. The largest absolute Gasteiger partial charge is 0.364 e. The molecule has 4 aromatic carbocycles. The smallest absolute Gasteiger partial charge is 0.247 e. The van der Waals surface area contributed by atoms with Crippen LogP contribution in [-0.4, -0.2) is 69.9 Å². The van der Waals surface area contributed by atoms with Gasteiger partial charge in [0.15, 0.2) is 0 Å². The highest BCUT2D eigenvalue weighted by molar-refractivity contribution is 6.01. The van der Waals surface area contributed by atoms with Gasteiger partial charge in [0.25, 0.3) is 0 Å². The Labute approximate surface area is 302 Å². The zero-order valence-electron chi connectivity index (χ0n) is 29.1. The van der Waals surface area contributed by atoms with Crippen molar-refractivity contribution >= 4 is 35.0 Å². The molecule has 4 fully saturated rings. The predicted octanol–water partition coefficient (Wildman–Crippen LogP) is 3.67. The number of nitrogens with one attached hydrogen (secondary N) is 4. The highest BCUT2D eigenvalue weighted by Gasteiger charge is 2.78. The number of carbonyl (C=O) groups is 4. The lowest BCUT2D eigenvalue weighted by atomic mass is 9.54. The first kappa shape index (κ1) is 31.1. The van der Waals surface area contributed by atoms with Gasteiger partial charge in [0.05, 0.1) is 10.8 Å². The second-order valence-corrected chi connectivity index (χ2v) is 15.6. The molecule has 0 bridgehead atoms. The van der Waals surface area contributed by atoms with Gasteiger partial charge in [-0.3, -0.25) is 19.2 Å². The van der Waals surface area contributed by atoms with Gasteiger partial charge in [0.1, 0.15) is 36.5 Å². The molecule has 10 heteroatoms. The lowest BCUT2D eigenvalue weighted by molar-refractivity contribution is -0.149. The van der Waals surface area contributed by atoms with Gasteiger partial charge in [0.2, 0.25) is 23.6 Å². The standard InChI is InChI=1S/C42H40N6O4/c1-23-13-15-29-27(17-23)41(21-33-35(49)43-31(19-25-9-5-3-6-10-25)37(51)47(33)39(41)45-29)42-22-34-36(50)44-32(20-26-11-7-4-8-12-26)38(52)48(34)40(42)46-30-16-14-24(2)18-28(30)42/h3-18,31-34,39-40,45-46H,19-22H2,1-2H3,(H,43,49)(H,44,50)/t31-,32-,33-,34-,39+,40+,41?,42?/m0/s1. The van der Waals surface area contributed by atoms with E-state index in [1.807, 2.05) is 60.7 Å². The third kappa shape index (κ3) is 4.06. The highest BCUT2D eigenvalue weighted by atomic mass is 16.2. The molecular formula is C42H40N6O4. The zero-order valence-corrected chi connectivity index (χ0v) is 29.1. The normalized spacial score (nSPS) is 32.1. The monoisotopic (exact) mass is 692 g/mol. The second kappa shape index (κ2) is 10.9. The summed E-state index contributed by atoms with van der Waals surface area (Å²) in [5.41, 5.74) is 6.13. The molecule has 52 heavy (non-hydrogen) atoms. The fourth-order valence-corrected chi connectivity index (χ4v) is 10.7. The molecule has 6 aliphatic rings. The van der Waals surface area contributed by atoms with Crippen LogP contribution in [0, 0.1) is 13.8 Å². The van der Waals surface area contributed by atoms with Gasteiger partial charge >= 0.3 is 0 Å². The first-order valence-corrected chi connectivity index (χ1v) is 18.3. The topological polar surface area (TPSA) is 123 Å². The number of piperazine rings is 2. The van der Waals surface area contributed by atoms with E-state index in [1.165, 1.54) is 0 Å². The van der Waals surface area contributed by atoms with E-state index in [9.17, 15) is 19.2 Å². The Morgan fingerprint density at radius 1 is 0.558 bits per heavy atom. The van der Waals surface area contributed by atoms with Crippen LogP contribution >= 0.6 is 0 Å². The van der Waals surface area contributed by atoms with Crippen LogP contribution in [0.5, 0.6) is 0 Å². The van der Waals surface area contributed by atoms with Crippen molar-refractivity contribution in [2.24, 2.45) is 0 Å². The highest BCUT2D eigenvalue weighted by Crippen LogP contribution is 2.69. The van der Waals surface area contributed by atoms with Crippen LogP contribution in [0.3, 0.4) is 0 Å². The summed E-state index contributed by atoms with van der Waals surface area (Å²) in [7, 11) is 0. The van der Waals surface area contributed by atoms with Crippen molar-refractivity contribution in [2.45, 2.75) is 86.9 Å². The molecule has 0 radical (unpaired) electrons. The number of nitrogens with zero attached hydrogens (tertiary/aromatic N) is 2. The molecule has 6 heterocycles. The van der Waals surface area contributed by atoms with E-state index in [4.69, 9.17) is 0 Å². The molecule has 10 nitrogen and oxygen atoms in total. The lowest BCUT2D eigenvalue weighted by Crippen LogP contribution is -2.67. The average molecular weight is 693 g/mol. The number of hydrogen-bond acceptors (Lipinski definition) is 6. The molecule has 262 valence electrons. The number of carbonyl (C=O) groups excluding carboxylic acids is 4. The lowest BCUT2D eigenvalue weighted by Gasteiger charge is -2.48. The molecule has 6 aliphatic heterocycles. The summed E-state index contributed by atoms with van der Waals surface area (Å²) in [6, 6.07) is 29.2. The van der Waals surface area contributed by atoms with Gasteiger partial charge in [-0.15, -0.1) is 0 Å². The van der Waals surface area contributed by atoms with Crippen molar-refractivity contribution in [3.8, 4) is 0 Å². The first-order chi connectivity index (χ1) is 25.2. The number of aryl methyl sites for hydroxylation is 2. The summed E-state index contributed by atoms with van der Waals surface area (Å²) in [5.74, 6) is -0.622. The van der Waals surface area contributed by atoms with Gasteiger partial charge in [-0.25, -0.2) is 0 Å². The minimum atomic E-state index is -0.878. The van der Waals surface area contributed by atoms with Crippen LogP contribution in [0.15, 0.2) is 97.1 Å². The van der Waals surface area contributed by atoms with Crippen LogP contribution in [0.2, 0.25) is 0 Å². The number of amides is 4. The fraction of sp³-hybridized carbons (Fsp3) is 0.333. The maximum Gasteiger partial charge on any atom is 0.247 e. The van der Waals surface area contributed by atoms with E-state index in [-0.39, 0.29) is 23.6 Å². The zero-order chi connectivity index (χ0) is 35.5. The number of rotatable bonds is 5. The summed E-state index contributed by atoms with van der Waals surface area (Å²) in [6.45, 7) is 4.11. The van der Waals surface area contributed by atoms with Crippen LogP contribution in [0.1, 0.15) is 46.2 Å². The van der Waals surface area contributed by atoms with Gasteiger partial charge in [-0.05, 0) is 61.1 Å². The van der Waals surface area contributed by atoms with Crippen LogP contribution in [0.25, 0.3) is 0 Å². The van der Waals surface area contributed by atoms with E-state index in [0.29, 0.717) is 25.7 Å². The SMILES string of the molecule is Cc1ccc2c(c1)C1(C34C[C@H]5C(=O)N[C@@H](Cc6ccccc6)C(=O)N5[C@H]3Nc3ccc(C)cc34)C[C@H]3C(=O)N[C@@H](Cc4ccccc4)C(=O)N3[C@H]1N2. The van der Waals surface area contributed by atoms with Crippen LogP contribution < -0.4 is 21.3 Å². The maximum absolute atomic E-state index is 14.8. The molecule has 0 aromatic heterocycles. The quantitative estimate of drug-likeness (QED) is 0.253. The fourth-order valence-electron chi connectivity index (χ4n) is 10.7. The molecule has 8 atom stereocenters. The predicted molar refractivity (Wildman–Crippen MR) is 195 cm³/mol. The maximum atomic E-state index is 14.8. The van der Waals surface area contributed by atoms with Crippen molar-refractivity contribution in [3.63, 3.8) is 0 Å². The van der Waals surface area contributed by atoms with Crippen LogP contribution in [-0.2, 0) is 42.8 Å². The van der Waals surface area contributed by atoms with Gasteiger partial charge in [-0.2, -0.15) is 0 Å². The Morgan fingerprint density at radius 2 is 0.962 bits per heavy atom. The van der Waals surface area contributed by atoms with Crippen molar-refractivity contribution in [2.75, 3.05) is 10.6 Å². The Morgan fingerprint density at radius 3 is 1.37 bits per heavy atom. The second-order valence-electron chi connectivity index (χ2n) is 15.6. The van der Waals surface area contributed by atoms with E-state index in [2.05, 4.69) is 71.5 Å². The van der Waals surface area contributed by atoms with Gasteiger partial charge in [0, 0.05) is 24.2 Å². The molecule has 4 saturated heterocycles. The molecular weight excluding hydrogens is 652 g/mol. The van der Waals surface area contributed by atoms with E-state index in [0.717, 1.165) is 44.8 Å². The molecule has 0 aliphatic carbocycles. The number of fused-ring (bicyclic) bond motifs is 11. The first-order valence-electron chi connectivity index (χ1n) is 18.3. The number of anilines is 2. The Bertz CT molecular complexity index is 2040. The van der Waals surface area contributed by atoms with Gasteiger partial charge in [-0.1, -0.05) is 96.1 Å². The van der Waals surface area contributed by atoms with Gasteiger partial charge < -0.3 is 31.1 Å². The van der Waals surface area contributed by atoms with Crippen molar-refractivity contribution in [3.05, 3.63) is 130 Å². The summed E-state index contributed by atoms with van der Waals surface area (Å²) in [4.78, 5) is 61.7. The molecule has 0 spiro atoms. The summed E-state index contributed by atoms with van der Waals surface area (Å²) in [5, 5.41) is 13.7. The number of benzene rings is 4. The number of hydrogen-bond donors (Lipinski definition) is 4. The van der Waals surface area contributed by atoms with Crippen LogP contribution in [0.4, 0.5) is 11.4 Å². The molecule has 4 aromatic rings. The van der Waals surface area contributed by atoms with E-state index in [1.54, 1.807) is 9.80 Å². The minimum absolute atomic E-state index is 0.131. The summed E-state index contributed by atoms with van der Waals surface area (Å²) < 4.78 is 0. The minimum Gasteiger partial charge on any atom is -0.364 e. The van der Waals surface area contributed by atoms with Crippen molar-refractivity contribution < 1.29 is 19.2 Å². The summed E-state index contributed by atoms with van der Waals surface area (Å²) in [6.07, 6.45) is 0.247. The molecule has 10 rings (SSSR count). The Hall–Kier alpha value is -5.64. The Kier molecular flexibility index (Phi) is 6.54. The molecule has 4 amide bonds. The van der Waals surface area contributed by atoms with Crippen molar-refractivity contribution in [1.82, 2.24) is 20.4 Å². The molecule has 2 unspecified atom stereocenters. The third-order valence-corrected chi connectivity index (χ3v) is 12.8. The molecule has 0 saturated carbocycles. The van der Waals surface area contributed by atoms with Crippen molar-refractivity contribution in [1.29, 1.82) is 0 Å². The summed E-state index contributed by atoms with van der Waals surface area (Å²) >= 11 is 0.